The van der Waals surface area contributed by atoms with Gasteiger partial charge in [0.1, 0.15) is 16.3 Å². The van der Waals surface area contributed by atoms with E-state index in [-0.39, 0.29) is 17.0 Å². The van der Waals surface area contributed by atoms with E-state index in [1.165, 1.54) is 19.2 Å². The van der Waals surface area contributed by atoms with Gasteiger partial charge in [0.2, 0.25) is 0 Å². The van der Waals surface area contributed by atoms with Gasteiger partial charge in [-0.05, 0) is 48.6 Å². The summed E-state index contributed by atoms with van der Waals surface area (Å²) in [6.07, 6.45) is 1.40. The summed E-state index contributed by atoms with van der Waals surface area (Å²) in [4.78, 5) is 11.5. The predicted octanol–water partition coefficient (Wildman–Crippen LogP) is 3.04. The maximum absolute atomic E-state index is 14.9. The lowest BCUT2D eigenvalue weighted by molar-refractivity contribution is 0.0960. The van der Waals surface area contributed by atoms with Gasteiger partial charge in [-0.2, -0.15) is 0 Å². The molecule has 1 aliphatic carbocycles. The molecule has 4 N–H and O–H groups in total. The Balaban J connectivity index is 2.14. The second-order valence-electron chi connectivity index (χ2n) is 6.12. The third kappa shape index (κ3) is 3.72. The SMILES string of the molecule is CNC(=O)c1cc(C2CC2)c(F)c(NS(=O)(=O)c2cc(Br)ccc2O)c1O. The Morgan fingerprint density at radius 1 is 1.26 bits per heavy atom. The number of phenolic OH excluding ortho intramolecular Hbond substituents is 2. The van der Waals surface area contributed by atoms with Crippen LogP contribution in [0.25, 0.3) is 0 Å². The van der Waals surface area contributed by atoms with Crippen LogP contribution in [-0.2, 0) is 10.0 Å². The molecule has 0 spiro atoms. The summed E-state index contributed by atoms with van der Waals surface area (Å²) >= 11 is 3.10. The van der Waals surface area contributed by atoms with Crippen molar-refractivity contribution in [2.45, 2.75) is 23.7 Å². The summed E-state index contributed by atoms with van der Waals surface area (Å²) in [6, 6.07) is 4.96. The van der Waals surface area contributed by atoms with Gasteiger partial charge < -0.3 is 15.5 Å². The highest BCUT2D eigenvalue weighted by Crippen LogP contribution is 2.46. The van der Waals surface area contributed by atoms with Crippen molar-refractivity contribution in [3.63, 3.8) is 0 Å². The van der Waals surface area contributed by atoms with Gasteiger partial charge in [-0.1, -0.05) is 15.9 Å². The second-order valence-corrected chi connectivity index (χ2v) is 8.69. The van der Waals surface area contributed by atoms with E-state index in [9.17, 15) is 27.8 Å². The van der Waals surface area contributed by atoms with Gasteiger partial charge in [0.15, 0.2) is 11.6 Å². The molecule has 27 heavy (non-hydrogen) atoms. The zero-order valence-corrected chi connectivity index (χ0v) is 16.5. The largest absolute Gasteiger partial charge is 0.507 e. The van der Waals surface area contributed by atoms with Gasteiger partial charge in [0, 0.05) is 11.5 Å². The minimum atomic E-state index is -4.44. The lowest BCUT2D eigenvalue weighted by Crippen LogP contribution is -2.20. The van der Waals surface area contributed by atoms with Gasteiger partial charge in [-0.15, -0.1) is 0 Å². The highest BCUT2D eigenvalue weighted by Gasteiger charge is 2.33. The smallest absolute Gasteiger partial charge is 0.265 e. The molecule has 3 rings (SSSR count). The van der Waals surface area contributed by atoms with Crippen LogP contribution in [0.5, 0.6) is 11.5 Å². The molecule has 0 saturated heterocycles. The molecule has 1 fully saturated rings. The normalized spacial score (nSPS) is 14.0. The lowest BCUT2D eigenvalue weighted by Gasteiger charge is -2.16. The number of carbonyl (C=O) groups is 1. The molecule has 0 aromatic heterocycles. The first-order valence-corrected chi connectivity index (χ1v) is 10.2. The number of aromatic hydroxyl groups is 2. The number of halogens is 2. The number of rotatable bonds is 5. The summed E-state index contributed by atoms with van der Waals surface area (Å²) in [5.74, 6) is -3.14. The fraction of sp³-hybridized carbons (Fsp3) is 0.235. The fourth-order valence-corrected chi connectivity index (χ4v) is 4.36. The van der Waals surface area contributed by atoms with Gasteiger partial charge in [-0.3, -0.25) is 9.52 Å². The number of sulfonamides is 1. The molecule has 0 bridgehead atoms. The number of amides is 1. The number of nitrogens with one attached hydrogen (secondary N) is 2. The van der Waals surface area contributed by atoms with Crippen LogP contribution in [0.1, 0.15) is 34.7 Å². The zero-order valence-electron chi connectivity index (χ0n) is 14.1. The summed E-state index contributed by atoms with van der Waals surface area (Å²) in [7, 11) is -3.11. The van der Waals surface area contributed by atoms with Crippen LogP contribution < -0.4 is 10.0 Å². The van der Waals surface area contributed by atoms with Crippen LogP contribution in [-0.4, -0.2) is 31.6 Å². The van der Waals surface area contributed by atoms with E-state index in [0.29, 0.717) is 17.3 Å². The minimum absolute atomic E-state index is 0.142. The number of phenols is 2. The summed E-state index contributed by atoms with van der Waals surface area (Å²) in [6.45, 7) is 0. The van der Waals surface area contributed by atoms with E-state index in [4.69, 9.17) is 0 Å². The number of benzene rings is 2. The van der Waals surface area contributed by atoms with Crippen molar-refractivity contribution >= 4 is 37.5 Å². The van der Waals surface area contributed by atoms with Crippen LogP contribution in [0, 0.1) is 5.82 Å². The van der Waals surface area contributed by atoms with E-state index in [1.807, 2.05) is 4.72 Å². The molecule has 0 atom stereocenters. The molecule has 2 aromatic rings. The summed E-state index contributed by atoms with van der Waals surface area (Å²) < 4.78 is 42.6. The molecule has 1 amide bonds. The summed E-state index contributed by atoms with van der Waals surface area (Å²) in [5, 5.41) is 22.5. The van der Waals surface area contributed by atoms with E-state index in [1.54, 1.807) is 0 Å². The van der Waals surface area contributed by atoms with Crippen LogP contribution >= 0.6 is 15.9 Å². The average molecular weight is 459 g/mol. The maximum atomic E-state index is 14.9. The molecule has 0 unspecified atom stereocenters. The number of anilines is 1. The summed E-state index contributed by atoms with van der Waals surface area (Å²) in [5.41, 5.74) is -0.808. The van der Waals surface area contributed by atoms with Crippen molar-refractivity contribution < 1.29 is 27.8 Å². The van der Waals surface area contributed by atoms with Crippen LogP contribution in [0.3, 0.4) is 0 Å². The van der Waals surface area contributed by atoms with Crippen molar-refractivity contribution in [1.82, 2.24) is 5.32 Å². The Kier molecular flexibility index (Phi) is 5.04. The maximum Gasteiger partial charge on any atom is 0.265 e. The van der Waals surface area contributed by atoms with E-state index in [0.717, 1.165) is 12.1 Å². The molecule has 0 heterocycles. The minimum Gasteiger partial charge on any atom is -0.507 e. The molecule has 2 aromatic carbocycles. The van der Waals surface area contributed by atoms with Crippen molar-refractivity contribution in [2.75, 3.05) is 11.8 Å². The van der Waals surface area contributed by atoms with E-state index in [2.05, 4.69) is 21.2 Å². The topological polar surface area (TPSA) is 116 Å². The highest BCUT2D eigenvalue weighted by atomic mass is 79.9. The van der Waals surface area contributed by atoms with Crippen LogP contribution in [0.4, 0.5) is 10.1 Å². The molecular formula is C17H16BrFN2O5S. The number of hydrogen-bond acceptors (Lipinski definition) is 5. The van der Waals surface area contributed by atoms with Gasteiger partial charge in [0.25, 0.3) is 15.9 Å². The Hall–Kier alpha value is -2.33. The third-order valence-electron chi connectivity index (χ3n) is 4.20. The second kappa shape index (κ2) is 7.01. The predicted molar refractivity (Wildman–Crippen MR) is 100 cm³/mol. The molecular weight excluding hydrogens is 443 g/mol. The number of carbonyl (C=O) groups excluding carboxylic acids is 1. The molecule has 7 nitrogen and oxygen atoms in total. The third-order valence-corrected chi connectivity index (χ3v) is 6.07. The molecule has 0 radical (unpaired) electrons. The van der Waals surface area contributed by atoms with Crippen molar-refractivity contribution in [3.8, 4) is 11.5 Å². The highest BCUT2D eigenvalue weighted by molar-refractivity contribution is 9.10. The van der Waals surface area contributed by atoms with Gasteiger partial charge >= 0.3 is 0 Å². The van der Waals surface area contributed by atoms with Crippen molar-refractivity contribution in [1.29, 1.82) is 0 Å². The number of hydrogen-bond donors (Lipinski definition) is 4. The molecule has 0 aliphatic heterocycles. The zero-order chi connectivity index (χ0) is 19.9. The monoisotopic (exact) mass is 458 g/mol. The first-order chi connectivity index (χ1) is 12.7. The van der Waals surface area contributed by atoms with Gasteiger partial charge in [-0.25, -0.2) is 12.8 Å². The Labute approximate surface area is 163 Å². The molecule has 144 valence electrons. The van der Waals surface area contributed by atoms with E-state index < -0.39 is 43.8 Å². The Morgan fingerprint density at radius 3 is 2.52 bits per heavy atom. The van der Waals surface area contributed by atoms with Crippen molar-refractivity contribution in [3.05, 3.63) is 45.7 Å². The molecule has 1 aliphatic rings. The van der Waals surface area contributed by atoms with E-state index >= 15 is 0 Å². The first kappa shape index (κ1) is 19.4. The molecule has 10 heteroatoms. The van der Waals surface area contributed by atoms with Gasteiger partial charge in [0.05, 0.1) is 5.56 Å². The quantitative estimate of drug-likeness (QED) is 0.513. The van der Waals surface area contributed by atoms with Crippen LogP contribution in [0.2, 0.25) is 0 Å². The lowest BCUT2D eigenvalue weighted by atomic mass is 10.0. The van der Waals surface area contributed by atoms with Crippen molar-refractivity contribution in [2.24, 2.45) is 0 Å². The standard InChI is InChI=1S/C17H16BrFN2O5S/c1-20-17(24)11-7-10(8-2-3-8)14(19)15(16(11)23)21-27(25,26)13-6-9(18)4-5-12(13)22/h4-8,21-23H,2-3H2,1H3,(H,20,24). The fourth-order valence-electron chi connectivity index (χ4n) is 2.66. The molecule has 1 saturated carbocycles. The van der Waals surface area contributed by atoms with Crippen LogP contribution in [0.15, 0.2) is 33.6 Å². The average Bonchev–Trinajstić information content (AvgIpc) is 3.45. The Bertz CT molecular complexity index is 1040. The Morgan fingerprint density at radius 2 is 1.93 bits per heavy atom. The first-order valence-electron chi connectivity index (χ1n) is 7.94.